The van der Waals surface area contributed by atoms with Crippen LogP contribution in [0.3, 0.4) is 0 Å². The Bertz CT molecular complexity index is 540. The van der Waals surface area contributed by atoms with E-state index < -0.39 is 17.5 Å². The summed E-state index contributed by atoms with van der Waals surface area (Å²) in [5, 5.41) is 2.66. The molecule has 0 aliphatic carbocycles. The highest BCUT2D eigenvalue weighted by molar-refractivity contribution is 5.94. The fraction of sp³-hybridized carbons (Fsp3) is 0.500. The third kappa shape index (κ3) is 6.11. The first kappa shape index (κ1) is 17.9. The Labute approximate surface area is 130 Å². The first-order valence-electron chi connectivity index (χ1n) is 7.09. The normalized spacial score (nSPS) is 12.5. The summed E-state index contributed by atoms with van der Waals surface area (Å²) in [5.41, 5.74) is -0.306. The van der Waals surface area contributed by atoms with Crippen molar-refractivity contribution in [1.29, 1.82) is 0 Å². The average Bonchev–Trinajstić information content (AvgIpc) is 2.34. The summed E-state index contributed by atoms with van der Waals surface area (Å²) in [7, 11) is 1.60. The smallest absolute Gasteiger partial charge is 0.407 e. The van der Waals surface area contributed by atoms with Crippen LogP contribution in [0.2, 0.25) is 0 Å². The second-order valence-electron chi connectivity index (χ2n) is 6.24. The Morgan fingerprint density at radius 2 is 2.00 bits per heavy atom. The first-order chi connectivity index (χ1) is 10.1. The minimum atomic E-state index is -0.576. The van der Waals surface area contributed by atoms with Gasteiger partial charge in [-0.05, 0) is 45.9 Å². The lowest BCUT2D eigenvalue weighted by atomic mass is 10.2. The van der Waals surface area contributed by atoms with Crippen LogP contribution in [-0.2, 0) is 4.74 Å². The minimum absolute atomic E-state index is 0.270. The maximum atomic E-state index is 13.1. The largest absolute Gasteiger partial charge is 0.444 e. The SMILES string of the molecule is C[C@@H](CN(C)C(=O)c1cccc(F)c1)NC(=O)OC(C)(C)C. The highest BCUT2D eigenvalue weighted by atomic mass is 19.1. The summed E-state index contributed by atoms with van der Waals surface area (Å²) in [5.74, 6) is -0.767. The van der Waals surface area contributed by atoms with E-state index in [4.69, 9.17) is 4.74 Å². The summed E-state index contributed by atoms with van der Waals surface area (Å²) in [4.78, 5) is 25.2. The monoisotopic (exact) mass is 310 g/mol. The molecular formula is C16H23FN2O3. The Morgan fingerprint density at radius 1 is 1.36 bits per heavy atom. The summed E-state index contributed by atoms with van der Waals surface area (Å²) in [6.45, 7) is 7.37. The van der Waals surface area contributed by atoms with Crippen molar-refractivity contribution >= 4 is 12.0 Å². The quantitative estimate of drug-likeness (QED) is 0.930. The molecular weight excluding hydrogens is 287 g/mol. The molecule has 0 unspecified atom stereocenters. The third-order valence-electron chi connectivity index (χ3n) is 2.73. The Kier molecular flexibility index (Phi) is 5.91. The van der Waals surface area contributed by atoms with E-state index in [1.54, 1.807) is 40.8 Å². The second kappa shape index (κ2) is 7.24. The molecule has 0 heterocycles. The van der Waals surface area contributed by atoms with Crippen LogP contribution < -0.4 is 5.32 Å². The van der Waals surface area contributed by atoms with Crippen LogP contribution in [0.25, 0.3) is 0 Å². The van der Waals surface area contributed by atoms with E-state index in [1.165, 1.54) is 23.1 Å². The molecule has 0 aliphatic heterocycles. The molecule has 0 aromatic heterocycles. The maximum absolute atomic E-state index is 13.1. The zero-order chi connectivity index (χ0) is 16.9. The number of alkyl carbamates (subject to hydrolysis) is 1. The van der Waals surface area contributed by atoms with Crippen LogP contribution in [0.5, 0.6) is 0 Å². The van der Waals surface area contributed by atoms with Crippen molar-refractivity contribution in [2.75, 3.05) is 13.6 Å². The van der Waals surface area contributed by atoms with Gasteiger partial charge < -0.3 is 15.0 Å². The lowest BCUT2D eigenvalue weighted by molar-refractivity contribution is 0.0491. The van der Waals surface area contributed by atoms with E-state index in [0.29, 0.717) is 0 Å². The van der Waals surface area contributed by atoms with Crippen molar-refractivity contribution in [1.82, 2.24) is 10.2 Å². The van der Waals surface area contributed by atoms with Gasteiger partial charge in [-0.2, -0.15) is 0 Å². The van der Waals surface area contributed by atoms with Crippen molar-refractivity contribution in [2.45, 2.75) is 39.3 Å². The van der Waals surface area contributed by atoms with Gasteiger partial charge in [-0.25, -0.2) is 9.18 Å². The topological polar surface area (TPSA) is 58.6 Å². The molecule has 0 bridgehead atoms. The lowest BCUT2D eigenvalue weighted by Crippen LogP contribution is -2.44. The molecule has 122 valence electrons. The highest BCUT2D eigenvalue weighted by Gasteiger charge is 2.20. The standard InChI is InChI=1S/C16H23FN2O3/c1-11(18-15(21)22-16(2,3)4)10-19(5)14(20)12-7-6-8-13(17)9-12/h6-9,11H,10H2,1-5H3,(H,18,21)/t11-/m0/s1. The number of carbonyl (C=O) groups is 2. The van der Waals surface area contributed by atoms with E-state index >= 15 is 0 Å². The number of hydrogen-bond donors (Lipinski definition) is 1. The van der Waals surface area contributed by atoms with Crippen molar-refractivity contribution < 1.29 is 18.7 Å². The molecule has 0 saturated heterocycles. The number of benzene rings is 1. The number of nitrogens with zero attached hydrogens (tertiary/aromatic N) is 1. The van der Waals surface area contributed by atoms with Gasteiger partial charge in [0.25, 0.3) is 5.91 Å². The van der Waals surface area contributed by atoms with Crippen molar-refractivity contribution in [2.24, 2.45) is 0 Å². The van der Waals surface area contributed by atoms with Crippen molar-refractivity contribution in [3.8, 4) is 0 Å². The molecule has 1 atom stereocenters. The van der Waals surface area contributed by atoms with Gasteiger partial charge in [-0.1, -0.05) is 6.07 Å². The van der Waals surface area contributed by atoms with Gasteiger partial charge in [0.15, 0.2) is 0 Å². The van der Waals surface area contributed by atoms with Crippen molar-refractivity contribution in [3.63, 3.8) is 0 Å². The molecule has 2 amide bonds. The zero-order valence-electron chi connectivity index (χ0n) is 13.6. The van der Waals surface area contributed by atoms with E-state index in [1.807, 2.05) is 0 Å². The number of hydrogen-bond acceptors (Lipinski definition) is 3. The fourth-order valence-corrected chi connectivity index (χ4v) is 1.89. The summed E-state index contributed by atoms with van der Waals surface area (Å²) >= 11 is 0. The second-order valence-corrected chi connectivity index (χ2v) is 6.24. The predicted octanol–water partition coefficient (Wildman–Crippen LogP) is 2.81. The van der Waals surface area contributed by atoms with E-state index in [9.17, 15) is 14.0 Å². The number of ether oxygens (including phenoxy) is 1. The summed E-state index contributed by atoms with van der Waals surface area (Å²) in [6.07, 6.45) is -0.536. The first-order valence-corrected chi connectivity index (χ1v) is 7.09. The Balaban J connectivity index is 2.55. The fourth-order valence-electron chi connectivity index (χ4n) is 1.89. The molecule has 6 heteroatoms. The highest BCUT2D eigenvalue weighted by Crippen LogP contribution is 2.08. The van der Waals surface area contributed by atoms with Gasteiger partial charge in [0.1, 0.15) is 11.4 Å². The van der Waals surface area contributed by atoms with Gasteiger partial charge in [0, 0.05) is 25.2 Å². The van der Waals surface area contributed by atoms with Crippen LogP contribution >= 0.6 is 0 Å². The van der Waals surface area contributed by atoms with Gasteiger partial charge in [0.2, 0.25) is 0 Å². The van der Waals surface area contributed by atoms with Crippen LogP contribution in [0.1, 0.15) is 38.1 Å². The van der Waals surface area contributed by atoms with Gasteiger partial charge >= 0.3 is 6.09 Å². The summed E-state index contributed by atoms with van der Waals surface area (Å²) in [6, 6.07) is 5.21. The van der Waals surface area contributed by atoms with Crippen LogP contribution in [-0.4, -0.2) is 42.1 Å². The van der Waals surface area contributed by atoms with E-state index in [0.717, 1.165) is 0 Å². The molecule has 0 saturated carbocycles. The number of likely N-dealkylation sites (N-methyl/N-ethyl adjacent to an activating group) is 1. The van der Waals surface area contributed by atoms with E-state index in [2.05, 4.69) is 5.32 Å². The molecule has 0 spiro atoms. The van der Waals surface area contributed by atoms with Crippen LogP contribution in [0.15, 0.2) is 24.3 Å². The van der Waals surface area contributed by atoms with Crippen molar-refractivity contribution in [3.05, 3.63) is 35.6 Å². The Morgan fingerprint density at radius 3 is 2.55 bits per heavy atom. The van der Waals surface area contributed by atoms with E-state index in [-0.39, 0.29) is 24.1 Å². The molecule has 1 N–H and O–H groups in total. The molecule has 0 aliphatic rings. The molecule has 0 radical (unpaired) electrons. The molecule has 0 fully saturated rings. The van der Waals surface area contributed by atoms with Gasteiger partial charge in [-0.15, -0.1) is 0 Å². The summed E-state index contributed by atoms with van der Waals surface area (Å²) < 4.78 is 18.3. The van der Waals surface area contributed by atoms with Gasteiger partial charge in [0.05, 0.1) is 0 Å². The molecule has 5 nitrogen and oxygen atoms in total. The Hall–Kier alpha value is -2.11. The molecule has 22 heavy (non-hydrogen) atoms. The molecule has 1 aromatic rings. The predicted molar refractivity (Wildman–Crippen MR) is 82.2 cm³/mol. The number of amides is 2. The lowest BCUT2D eigenvalue weighted by Gasteiger charge is -2.25. The number of carbonyl (C=O) groups excluding carboxylic acids is 2. The minimum Gasteiger partial charge on any atom is -0.444 e. The maximum Gasteiger partial charge on any atom is 0.407 e. The number of rotatable bonds is 4. The average molecular weight is 310 g/mol. The van der Waals surface area contributed by atoms with Crippen LogP contribution in [0.4, 0.5) is 9.18 Å². The molecule has 1 rings (SSSR count). The molecule has 1 aromatic carbocycles. The van der Waals surface area contributed by atoms with Gasteiger partial charge in [-0.3, -0.25) is 4.79 Å². The van der Waals surface area contributed by atoms with Crippen LogP contribution in [0, 0.1) is 5.82 Å². The number of nitrogens with one attached hydrogen (secondary N) is 1. The number of halogens is 1. The zero-order valence-corrected chi connectivity index (χ0v) is 13.6. The third-order valence-corrected chi connectivity index (χ3v) is 2.73.